The molecule has 0 saturated heterocycles. The van der Waals surface area contributed by atoms with Gasteiger partial charge in [-0.2, -0.15) is 0 Å². The van der Waals surface area contributed by atoms with Crippen LogP contribution < -0.4 is 15.7 Å². The smallest absolute Gasteiger partial charge is 0.320 e. The molecule has 0 saturated carbocycles. The minimum atomic E-state index is -0.652. The van der Waals surface area contributed by atoms with Gasteiger partial charge in [0.25, 0.3) is 0 Å². The first-order chi connectivity index (χ1) is 37.9. The van der Waals surface area contributed by atoms with Crippen molar-refractivity contribution in [1.82, 2.24) is 9.80 Å². The Morgan fingerprint density at radius 1 is 0.442 bits per heavy atom. The molecule has 0 radical (unpaired) electrons. The molecule has 34 rings (SSSR count). The summed E-state index contributed by atoms with van der Waals surface area (Å²) >= 11 is 0. The number of likely N-dealkylation sites (N-methyl/N-ethyl adjacent to an activating group) is 1. The zero-order valence-corrected chi connectivity index (χ0v) is 41.6. The predicted octanol–water partition coefficient (Wildman–Crippen LogP) is 12.2. The zero-order chi connectivity index (χ0) is 47.4. The Morgan fingerprint density at radius 3 is 1.57 bits per heavy atom. The molecule has 0 amide bonds. The van der Waals surface area contributed by atoms with Crippen molar-refractivity contribution < 1.29 is 9.53 Å². The fourth-order valence-corrected chi connectivity index (χ4v) is 27.5. The number of allylic oxidation sites excluding steroid dienone is 1. The van der Waals surface area contributed by atoms with Crippen LogP contribution in [0.4, 0.5) is 0 Å². The number of carbonyl (C=O) groups excluding carboxylic acids is 1. The molecule has 4 spiro atoms. The van der Waals surface area contributed by atoms with Crippen molar-refractivity contribution in [3.05, 3.63) is 95.1 Å². The third-order valence-corrected chi connectivity index (χ3v) is 27.6. The number of rotatable bonds is 8. The Kier molecular flexibility index (Phi) is 3.07. The van der Waals surface area contributed by atoms with Crippen LogP contribution >= 0.6 is 0 Å². The average molecular weight is 963 g/mol. The maximum absolute atomic E-state index is 15.5. The van der Waals surface area contributed by atoms with Gasteiger partial charge in [-0.15, -0.1) is 0 Å². The highest BCUT2D eigenvalue weighted by molar-refractivity contribution is 6.72. The van der Waals surface area contributed by atoms with Crippen molar-refractivity contribution in [1.29, 1.82) is 0 Å². The molecular weight excluding hydrogens is 937 g/mol. The second-order valence-electron chi connectivity index (χ2n) is 28.6. The number of hydrogen-bond acceptors (Lipinski definition) is 4. The van der Waals surface area contributed by atoms with Gasteiger partial charge in [0.1, 0.15) is 6.10 Å². The zero-order valence-electron chi connectivity index (χ0n) is 41.6. The molecule has 0 aliphatic heterocycles. The largest absolute Gasteiger partial charge is 0.456 e. The predicted molar refractivity (Wildman–Crippen MR) is 311 cm³/mol. The van der Waals surface area contributed by atoms with E-state index in [0.717, 1.165) is 25.9 Å². The van der Waals surface area contributed by atoms with Gasteiger partial charge in [0.15, 0.2) is 0 Å². The number of ether oxygens (including phenoxy) is 1. The normalized spacial score (nSPS) is 27.6. The van der Waals surface area contributed by atoms with Crippen LogP contribution in [0.5, 0.6) is 0 Å². The summed E-state index contributed by atoms with van der Waals surface area (Å²) in [6, 6.07) is 5.70. The van der Waals surface area contributed by atoms with Crippen molar-refractivity contribution in [3.63, 3.8) is 0 Å². The Morgan fingerprint density at radius 2 is 0.896 bits per heavy atom. The third-order valence-electron chi connectivity index (χ3n) is 27.6. The van der Waals surface area contributed by atoms with Crippen molar-refractivity contribution >= 4 is 227 Å². The SMILES string of the molecule is CCC1=CC(OC(=O)CN(C)CCCN(C)C)C23C4=c5c6c7c8c5c5c9c%10c(c%11c%12c2c2c4c4c%13c%14c%15c%16c%17c%18c%19c%20c8c9c8c%20c9c%18c%18c%20c%21cc%22c%23c%24c(c%12cc2c%13c(c%21c%14c%17%20)=C(C=%24C7%16%19)C64%15)c%11c2c%10c8c(c%232)c9c%22%18)C153. The maximum Gasteiger partial charge on any atom is 0.320 e. The van der Waals surface area contributed by atoms with E-state index in [2.05, 4.69) is 56.1 Å². The van der Waals surface area contributed by atoms with Crippen molar-refractivity contribution in [2.24, 2.45) is 0 Å². The fourth-order valence-electron chi connectivity index (χ4n) is 27.5. The number of nitrogens with zero attached hydrogens (tertiary/aromatic N) is 2. The molecule has 19 aromatic rings. The van der Waals surface area contributed by atoms with Crippen LogP contribution in [0.2, 0.25) is 0 Å². The average Bonchev–Trinajstić information content (AvgIpc) is 1.46. The van der Waals surface area contributed by atoms with Gasteiger partial charge in [0.2, 0.25) is 0 Å². The van der Waals surface area contributed by atoms with Crippen LogP contribution in [-0.2, 0) is 31.2 Å². The lowest BCUT2D eigenvalue weighted by Crippen LogP contribution is -2.61. The molecule has 5 unspecified atom stereocenters. The quantitative estimate of drug-likeness (QED) is 0.0863. The fraction of sp³-hybridized carbons (Fsp3) is 0.192. The van der Waals surface area contributed by atoms with E-state index in [1.807, 2.05) is 0 Å². The number of fused-ring (bicyclic) bond motifs is 3. The van der Waals surface area contributed by atoms with Gasteiger partial charge < -0.3 is 9.64 Å². The molecule has 0 N–H and O–H groups in total. The second-order valence-corrected chi connectivity index (χ2v) is 28.6. The molecule has 15 aliphatic rings. The van der Waals surface area contributed by atoms with Gasteiger partial charge in [0, 0.05) is 0 Å². The molecule has 77 heavy (non-hydrogen) atoms. The van der Waals surface area contributed by atoms with Crippen LogP contribution in [0.1, 0.15) is 75.4 Å². The summed E-state index contributed by atoms with van der Waals surface area (Å²) in [5.41, 5.74) is 21.3. The molecule has 0 aromatic heterocycles. The van der Waals surface area contributed by atoms with Gasteiger partial charge in [-0.3, -0.25) is 9.69 Å². The molecule has 0 fully saturated rings. The van der Waals surface area contributed by atoms with E-state index in [4.69, 9.17) is 4.74 Å². The molecule has 4 heteroatoms. The van der Waals surface area contributed by atoms with Gasteiger partial charge in [-0.05, 0) is 358 Å². The third kappa shape index (κ3) is 1.80. The molecule has 4 nitrogen and oxygen atoms in total. The monoisotopic (exact) mass is 962 g/mol. The lowest BCUT2D eigenvalue weighted by atomic mass is 9.41. The van der Waals surface area contributed by atoms with E-state index in [1.165, 1.54) is 21.7 Å². The van der Waals surface area contributed by atoms with Crippen molar-refractivity contribution in [3.8, 4) is 0 Å². The minimum Gasteiger partial charge on any atom is -0.456 e. The molecule has 5 atom stereocenters. The summed E-state index contributed by atoms with van der Waals surface area (Å²) in [7, 11) is 6.43. The highest BCUT2D eigenvalue weighted by atomic mass is 16.5. The topological polar surface area (TPSA) is 32.8 Å². The first-order valence-corrected chi connectivity index (χ1v) is 29.2. The number of esters is 1. The van der Waals surface area contributed by atoms with Gasteiger partial charge in [-0.1, -0.05) is 12.5 Å². The standard InChI is InChI=1S/C73H26N2O2/c1-5-13-9-18(77-19(76)12-75(4)8-6-7-74(2)3)73-60-26-16-11-17-25-45-23-15-10-14-20-28-21(15)31-32(23)52-46(25)59-56(27(17)60)63(73)57-55-54-43-42-38-37-34-29(20)36-39(28)49-53(31)67-66(52)71(59)65(45)64(70(67,68(54)69(57)71)58(49)48(43)40(36)38)44-22(14)30(34)35-33(24(16)44)47(26)61-50(41(35)37)51(42)62(55)72(13,61)73/h9-11,18H,5-8,12H2,1-4H3. The first-order valence-electron chi connectivity index (χ1n) is 29.2. The second kappa shape index (κ2) is 7.44. The van der Waals surface area contributed by atoms with E-state index in [-0.39, 0.29) is 5.97 Å². The molecule has 15 aliphatic carbocycles. The van der Waals surface area contributed by atoms with E-state index in [1.54, 1.807) is 277 Å². The van der Waals surface area contributed by atoms with Gasteiger partial charge in [-0.25, -0.2) is 0 Å². The lowest BCUT2D eigenvalue weighted by Gasteiger charge is -2.59. The van der Waals surface area contributed by atoms with Crippen LogP contribution in [0.3, 0.4) is 0 Å². The van der Waals surface area contributed by atoms with Crippen LogP contribution in [0.25, 0.3) is 221 Å². The Balaban J connectivity index is 1.01. The van der Waals surface area contributed by atoms with Crippen LogP contribution in [0.15, 0.2) is 23.8 Å². The summed E-state index contributed by atoms with van der Waals surface area (Å²) in [5, 5.41) is 66.0. The summed E-state index contributed by atoms with van der Waals surface area (Å²) in [6.07, 6.45) is 4.11. The number of carbonyl (C=O) groups is 1. The van der Waals surface area contributed by atoms with Gasteiger partial charge >= 0.3 is 5.97 Å². The maximum atomic E-state index is 15.5. The first kappa shape index (κ1) is 31.8. The molecule has 0 heterocycles. The minimum absolute atomic E-state index is 0.0758. The Labute approximate surface area is 427 Å². The number of benzene rings is 13. The number of hydrogen-bond donors (Lipinski definition) is 0. The van der Waals surface area contributed by atoms with E-state index in [0.29, 0.717) is 6.54 Å². The summed E-state index contributed by atoms with van der Waals surface area (Å²) in [4.78, 5) is 20.0. The van der Waals surface area contributed by atoms with Crippen molar-refractivity contribution in [2.75, 3.05) is 40.8 Å². The summed E-state index contributed by atoms with van der Waals surface area (Å²) in [5.74, 6) is -0.0758. The molecule has 19 aromatic carbocycles. The van der Waals surface area contributed by atoms with E-state index >= 15 is 4.79 Å². The highest BCUT2D eigenvalue weighted by Gasteiger charge is 2.81. The highest BCUT2D eigenvalue weighted by Crippen LogP contribution is 2.89. The lowest BCUT2D eigenvalue weighted by molar-refractivity contribution is -0.150. The van der Waals surface area contributed by atoms with E-state index in [9.17, 15) is 0 Å². The summed E-state index contributed by atoms with van der Waals surface area (Å²) in [6.45, 7) is 4.62. The van der Waals surface area contributed by atoms with Crippen LogP contribution in [0, 0.1) is 0 Å². The van der Waals surface area contributed by atoms with Gasteiger partial charge in [0.05, 0.1) is 28.2 Å². The molecule has 340 valence electrons. The summed E-state index contributed by atoms with van der Waals surface area (Å²) < 4.78 is 7.69. The Hall–Kier alpha value is -8.15. The van der Waals surface area contributed by atoms with Crippen molar-refractivity contribution in [2.45, 2.75) is 47.5 Å². The molecular formula is C73H26N2O2. The molecule has 19 bridgehead atoms. The Bertz CT molecular complexity index is 7310. The van der Waals surface area contributed by atoms with E-state index < -0.39 is 27.8 Å². The van der Waals surface area contributed by atoms with Crippen LogP contribution in [-0.4, -0.2) is 62.7 Å².